The number of hydrogen-bond donors (Lipinski definition) is 2. The van der Waals surface area contributed by atoms with Crippen molar-refractivity contribution in [1.29, 1.82) is 0 Å². The van der Waals surface area contributed by atoms with Crippen LogP contribution in [0.1, 0.15) is 22.6 Å². The summed E-state index contributed by atoms with van der Waals surface area (Å²) in [5.41, 5.74) is 0.558. The van der Waals surface area contributed by atoms with Crippen molar-refractivity contribution in [2.75, 3.05) is 0 Å². The highest BCUT2D eigenvalue weighted by atomic mass is 19.2. The predicted molar refractivity (Wildman–Crippen MR) is 93.3 cm³/mol. The third kappa shape index (κ3) is 4.56. The van der Waals surface area contributed by atoms with E-state index >= 15 is 0 Å². The maximum absolute atomic E-state index is 13.8. The fraction of sp³-hybridized carbons (Fsp3) is 0.158. The number of hydrogen-bond acceptors (Lipinski definition) is 5. The number of aliphatic carboxylic acids is 1. The molecule has 144 valence electrons. The van der Waals surface area contributed by atoms with Crippen molar-refractivity contribution >= 4 is 11.9 Å². The molecule has 0 spiro atoms. The van der Waals surface area contributed by atoms with Crippen LogP contribution < -0.4 is 5.32 Å². The lowest BCUT2D eigenvalue weighted by atomic mass is 10.0. The molecule has 0 aliphatic rings. The summed E-state index contributed by atoms with van der Waals surface area (Å²) in [5, 5.41) is 15.1. The molecular formula is C19H15F2N3O4. The number of rotatable bonds is 7. The summed E-state index contributed by atoms with van der Waals surface area (Å²) in [4.78, 5) is 27.2. The van der Waals surface area contributed by atoms with Gasteiger partial charge in [-0.05, 0) is 24.1 Å². The first-order valence-corrected chi connectivity index (χ1v) is 8.28. The summed E-state index contributed by atoms with van der Waals surface area (Å²) < 4.78 is 32.0. The molecule has 28 heavy (non-hydrogen) atoms. The Kier molecular flexibility index (Phi) is 5.73. The third-order valence-corrected chi connectivity index (χ3v) is 3.89. The van der Waals surface area contributed by atoms with E-state index in [0.29, 0.717) is 0 Å². The minimum atomic E-state index is -1.18. The van der Waals surface area contributed by atoms with Crippen LogP contribution in [-0.4, -0.2) is 33.2 Å². The van der Waals surface area contributed by atoms with Crippen LogP contribution in [0.3, 0.4) is 0 Å². The van der Waals surface area contributed by atoms with Crippen molar-refractivity contribution in [1.82, 2.24) is 15.5 Å². The van der Waals surface area contributed by atoms with E-state index < -0.39 is 35.4 Å². The van der Waals surface area contributed by atoms with Gasteiger partial charge < -0.3 is 14.9 Å². The summed E-state index contributed by atoms with van der Waals surface area (Å²) in [6.07, 6.45) is -0.0357. The molecule has 2 aromatic carbocycles. The zero-order valence-corrected chi connectivity index (χ0v) is 14.4. The quantitative estimate of drug-likeness (QED) is 0.646. The van der Waals surface area contributed by atoms with Gasteiger partial charge in [-0.2, -0.15) is 4.98 Å². The Morgan fingerprint density at radius 2 is 1.86 bits per heavy atom. The van der Waals surface area contributed by atoms with Gasteiger partial charge in [-0.15, -0.1) is 0 Å². The molecule has 0 radical (unpaired) electrons. The van der Waals surface area contributed by atoms with Crippen LogP contribution in [-0.2, 0) is 11.2 Å². The maximum Gasteiger partial charge on any atom is 0.305 e. The van der Waals surface area contributed by atoms with E-state index in [9.17, 15) is 18.4 Å². The number of halogens is 2. The van der Waals surface area contributed by atoms with Crippen LogP contribution in [0, 0.1) is 11.6 Å². The Morgan fingerprint density at radius 1 is 1.11 bits per heavy atom. The first-order chi connectivity index (χ1) is 13.4. The van der Waals surface area contributed by atoms with E-state index in [-0.39, 0.29) is 24.3 Å². The number of carboxylic acid groups (broad SMARTS) is 1. The average molecular weight is 387 g/mol. The van der Waals surface area contributed by atoms with Crippen LogP contribution in [0.5, 0.6) is 0 Å². The number of amides is 1. The molecular weight excluding hydrogens is 372 g/mol. The van der Waals surface area contributed by atoms with Crippen LogP contribution in [0.2, 0.25) is 0 Å². The maximum atomic E-state index is 13.8. The number of aromatic nitrogens is 2. The molecule has 1 amide bonds. The van der Waals surface area contributed by atoms with E-state index in [4.69, 9.17) is 9.63 Å². The third-order valence-electron chi connectivity index (χ3n) is 3.89. The van der Waals surface area contributed by atoms with Crippen LogP contribution in [0.4, 0.5) is 8.78 Å². The Hall–Kier alpha value is -3.62. The van der Waals surface area contributed by atoms with E-state index in [1.54, 1.807) is 24.3 Å². The molecule has 0 bridgehead atoms. The summed E-state index contributed by atoms with van der Waals surface area (Å²) in [5.74, 6) is -4.91. The van der Waals surface area contributed by atoms with Gasteiger partial charge in [-0.3, -0.25) is 9.59 Å². The Balaban J connectivity index is 1.76. The Morgan fingerprint density at radius 3 is 2.57 bits per heavy atom. The molecule has 0 saturated heterocycles. The molecule has 0 aliphatic carbocycles. The lowest BCUT2D eigenvalue weighted by molar-refractivity contribution is -0.137. The monoisotopic (exact) mass is 387 g/mol. The average Bonchev–Trinajstić information content (AvgIpc) is 3.14. The highest BCUT2D eigenvalue weighted by Crippen LogP contribution is 2.22. The van der Waals surface area contributed by atoms with Crippen molar-refractivity contribution in [3.8, 4) is 11.5 Å². The van der Waals surface area contributed by atoms with E-state index in [1.807, 2.05) is 6.07 Å². The topological polar surface area (TPSA) is 105 Å². The van der Waals surface area contributed by atoms with Crippen molar-refractivity contribution in [3.05, 3.63) is 71.6 Å². The van der Waals surface area contributed by atoms with Gasteiger partial charge in [0.2, 0.25) is 0 Å². The number of carbonyl (C=O) groups excluding carboxylic acids is 1. The zero-order valence-electron chi connectivity index (χ0n) is 14.4. The van der Waals surface area contributed by atoms with Crippen LogP contribution in [0.25, 0.3) is 11.5 Å². The van der Waals surface area contributed by atoms with Gasteiger partial charge in [0.1, 0.15) is 0 Å². The van der Waals surface area contributed by atoms with Crippen molar-refractivity contribution in [3.63, 3.8) is 0 Å². The van der Waals surface area contributed by atoms with Gasteiger partial charge in [0.05, 0.1) is 12.0 Å². The number of carbonyl (C=O) groups is 2. The smallest absolute Gasteiger partial charge is 0.305 e. The summed E-state index contributed by atoms with van der Waals surface area (Å²) >= 11 is 0. The number of benzene rings is 2. The minimum Gasteiger partial charge on any atom is -0.481 e. The van der Waals surface area contributed by atoms with Gasteiger partial charge in [0, 0.05) is 6.04 Å². The number of carboxylic acids is 1. The highest BCUT2D eigenvalue weighted by Gasteiger charge is 2.23. The molecule has 1 heterocycles. The highest BCUT2D eigenvalue weighted by molar-refractivity contribution is 5.91. The second-order valence-corrected chi connectivity index (χ2v) is 5.98. The first-order valence-electron chi connectivity index (χ1n) is 8.28. The molecule has 1 atom stereocenters. The molecule has 2 N–H and O–H groups in total. The fourth-order valence-corrected chi connectivity index (χ4v) is 2.63. The molecule has 1 unspecified atom stereocenters. The van der Waals surface area contributed by atoms with Crippen LogP contribution >= 0.6 is 0 Å². The fourth-order valence-electron chi connectivity index (χ4n) is 2.63. The molecule has 9 heteroatoms. The summed E-state index contributed by atoms with van der Waals surface area (Å²) in [7, 11) is 0. The molecule has 0 aliphatic heterocycles. The molecule has 0 fully saturated rings. The molecule has 3 rings (SSSR count). The standard InChI is InChI=1S/C19H15F2N3O4/c20-14-8-4-7-13(16(14)21)19-23-17(24-28-19)18(27)22-12(10-15(25)26)9-11-5-2-1-3-6-11/h1-8,12H,9-10H2,(H,22,27)(H,25,26). The predicted octanol–water partition coefficient (Wildman–Crippen LogP) is 2.83. The SMILES string of the molecule is O=C(O)CC(Cc1ccccc1)NC(=O)c1noc(-c2cccc(F)c2F)n1. The lowest BCUT2D eigenvalue weighted by Crippen LogP contribution is -2.38. The van der Waals surface area contributed by atoms with Crippen molar-refractivity contribution < 1.29 is 28.0 Å². The zero-order chi connectivity index (χ0) is 20.1. The largest absolute Gasteiger partial charge is 0.481 e. The van der Waals surface area contributed by atoms with E-state index in [2.05, 4.69) is 15.5 Å². The molecule has 1 aromatic heterocycles. The summed E-state index contributed by atoms with van der Waals surface area (Å²) in [6.45, 7) is 0. The van der Waals surface area contributed by atoms with Gasteiger partial charge in [0.25, 0.3) is 17.6 Å². The normalized spacial score (nSPS) is 11.8. The molecule has 3 aromatic rings. The number of nitrogens with zero attached hydrogens (tertiary/aromatic N) is 2. The van der Waals surface area contributed by atoms with Gasteiger partial charge in [-0.1, -0.05) is 41.6 Å². The van der Waals surface area contributed by atoms with Gasteiger partial charge in [0.15, 0.2) is 11.6 Å². The van der Waals surface area contributed by atoms with E-state index in [1.165, 1.54) is 12.1 Å². The Labute approximate surface area is 158 Å². The van der Waals surface area contributed by atoms with Crippen molar-refractivity contribution in [2.45, 2.75) is 18.9 Å². The Bertz CT molecular complexity index is 992. The van der Waals surface area contributed by atoms with Crippen molar-refractivity contribution in [2.24, 2.45) is 0 Å². The second kappa shape index (κ2) is 8.38. The van der Waals surface area contributed by atoms with Gasteiger partial charge in [-0.25, -0.2) is 8.78 Å². The lowest BCUT2D eigenvalue weighted by Gasteiger charge is -2.15. The molecule has 0 saturated carbocycles. The number of nitrogens with one attached hydrogen (secondary N) is 1. The first kappa shape index (κ1) is 19.2. The molecule has 7 nitrogen and oxygen atoms in total. The summed E-state index contributed by atoms with van der Waals surface area (Å²) in [6, 6.07) is 11.7. The van der Waals surface area contributed by atoms with E-state index in [0.717, 1.165) is 11.6 Å². The minimum absolute atomic E-state index is 0.280. The van der Waals surface area contributed by atoms with Crippen LogP contribution in [0.15, 0.2) is 53.1 Å². The second-order valence-electron chi connectivity index (χ2n) is 5.98. The van der Waals surface area contributed by atoms with Gasteiger partial charge >= 0.3 is 5.97 Å².